The standard InChI is InChI=1S/C28H26N4O3/c29-16-21-12-20(8-11-24(21)17-4-2-1-3-5-17)28-30-27(31-35-28)19-7-6-18-13-22-9-10-23(15-26(33)34)32(22)25(18)14-19/h6-8,11-14,17,23H,1-5,9-10,15H2,(H,33,34). The van der Waals surface area contributed by atoms with Crippen LogP contribution >= 0.6 is 0 Å². The summed E-state index contributed by atoms with van der Waals surface area (Å²) in [5, 5.41) is 24.4. The van der Waals surface area contributed by atoms with Crippen LogP contribution in [-0.2, 0) is 11.2 Å². The van der Waals surface area contributed by atoms with Crippen LogP contribution in [0.5, 0.6) is 0 Å². The number of aromatic nitrogens is 3. The Labute approximate surface area is 203 Å². The highest BCUT2D eigenvalue weighted by molar-refractivity contribution is 5.86. The molecule has 1 aliphatic heterocycles. The zero-order valence-electron chi connectivity index (χ0n) is 19.4. The van der Waals surface area contributed by atoms with E-state index in [2.05, 4.69) is 26.8 Å². The molecule has 1 aliphatic carbocycles. The zero-order valence-corrected chi connectivity index (χ0v) is 19.4. The molecule has 4 aromatic rings. The molecule has 2 aromatic carbocycles. The molecule has 1 fully saturated rings. The molecule has 7 nitrogen and oxygen atoms in total. The van der Waals surface area contributed by atoms with Crippen molar-refractivity contribution >= 4 is 16.9 Å². The number of rotatable bonds is 5. The second kappa shape index (κ2) is 8.70. The van der Waals surface area contributed by atoms with Crippen molar-refractivity contribution in [3.8, 4) is 28.9 Å². The lowest BCUT2D eigenvalue weighted by atomic mass is 9.82. The first-order valence-electron chi connectivity index (χ1n) is 12.3. The van der Waals surface area contributed by atoms with E-state index in [0.717, 1.165) is 53.3 Å². The third-order valence-corrected chi connectivity index (χ3v) is 7.58. The third kappa shape index (κ3) is 3.89. The minimum absolute atomic E-state index is 0.0387. The number of nitriles is 1. The average molecular weight is 467 g/mol. The van der Waals surface area contributed by atoms with Gasteiger partial charge in [0.25, 0.3) is 5.89 Å². The van der Waals surface area contributed by atoms with Crippen molar-refractivity contribution in [3.63, 3.8) is 0 Å². The Morgan fingerprint density at radius 1 is 1.09 bits per heavy atom. The number of aryl methyl sites for hydroxylation is 1. The van der Waals surface area contributed by atoms with E-state index < -0.39 is 5.97 Å². The minimum Gasteiger partial charge on any atom is -0.481 e. The Hall–Kier alpha value is -3.92. The van der Waals surface area contributed by atoms with Crippen LogP contribution in [-0.4, -0.2) is 25.8 Å². The maximum atomic E-state index is 11.3. The fourth-order valence-electron chi connectivity index (χ4n) is 5.89. The summed E-state index contributed by atoms with van der Waals surface area (Å²) in [6.07, 6.45) is 7.83. The van der Waals surface area contributed by atoms with Gasteiger partial charge < -0.3 is 14.2 Å². The second-order valence-corrected chi connectivity index (χ2v) is 9.74. The van der Waals surface area contributed by atoms with Crippen molar-refractivity contribution in [1.82, 2.24) is 14.7 Å². The van der Waals surface area contributed by atoms with Crippen LogP contribution in [0.4, 0.5) is 0 Å². The molecule has 1 atom stereocenters. The van der Waals surface area contributed by atoms with Gasteiger partial charge >= 0.3 is 5.97 Å². The molecule has 0 radical (unpaired) electrons. The Balaban J connectivity index is 1.32. The van der Waals surface area contributed by atoms with Gasteiger partial charge in [-0.1, -0.05) is 42.6 Å². The number of aliphatic carboxylic acids is 1. The van der Waals surface area contributed by atoms with Gasteiger partial charge in [0.1, 0.15) is 0 Å². The number of carboxylic acid groups (broad SMARTS) is 1. The SMILES string of the molecule is N#Cc1cc(-c2nc(-c3ccc4cc5n(c4c3)C(CC(=O)O)CC5)no2)ccc1C1CCCCC1. The molecule has 0 bridgehead atoms. The molecule has 1 N–H and O–H groups in total. The molecule has 1 saturated carbocycles. The highest BCUT2D eigenvalue weighted by Gasteiger charge is 2.27. The van der Waals surface area contributed by atoms with E-state index in [4.69, 9.17) is 4.52 Å². The number of benzene rings is 2. The summed E-state index contributed by atoms with van der Waals surface area (Å²) in [6, 6.07) is 16.4. The van der Waals surface area contributed by atoms with Crippen LogP contribution in [0.2, 0.25) is 0 Å². The highest BCUT2D eigenvalue weighted by atomic mass is 16.5. The highest BCUT2D eigenvalue weighted by Crippen LogP contribution is 2.38. The lowest BCUT2D eigenvalue weighted by Crippen LogP contribution is -2.09. The molecule has 6 rings (SSSR count). The summed E-state index contributed by atoms with van der Waals surface area (Å²) in [7, 11) is 0. The minimum atomic E-state index is -0.782. The zero-order chi connectivity index (χ0) is 23.9. The number of nitrogens with zero attached hydrogens (tertiary/aromatic N) is 4. The van der Waals surface area contributed by atoms with Crippen LogP contribution in [0, 0.1) is 11.3 Å². The summed E-state index contributed by atoms with van der Waals surface area (Å²) >= 11 is 0. The average Bonchev–Trinajstić information content (AvgIpc) is 3.60. The summed E-state index contributed by atoms with van der Waals surface area (Å²) < 4.78 is 7.74. The summed E-state index contributed by atoms with van der Waals surface area (Å²) in [6.45, 7) is 0. The Kier molecular flexibility index (Phi) is 5.37. The topological polar surface area (TPSA) is 105 Å². The van der Waals surface area contributed by atoms with Gasteiger partial charge in [0, 0.05) is 28.4 Å². The Bertz CT molecular complexity index is 1470. The van der Waals surface area contributed by atoms with Crippen molar-refractivity contribution in [2.45, 2.75) is 63.3 Å². The van der Waals surface area contributed by atoms with Gasteiger partial charge in [0.15, 0.2) is 0 Å². The van der Waals surface area contributed by atoms with Crippen LogP contribution in [0.15, 0.2) is 47.0 Å². The van der Waals surface area contributed by atoms with E-state index in [0.29, 0.717) is 23.2 Å². The molecule has 0 spiro atoms. The first-order valence-corrected chi connectivity index (χ1v) is 12.3. The molecule has 35 heavy (non-hydrogen) atoms. The van der Waals surface area contributed by atoms with Gasteiger partial charge in [0.05, 0.1) is 18.1 Å². The van der Waals surface area contributed by atoms with E-state index in [-0.39, 0.29) is 12.5 Å². The second-order valence-electron chi connectivity index (χ2n) is 9.74. The van der Waals surface area contributed by atoms with Crippen LogP contribution < -0.4 is 0 Å². The molecule has 1 unspecified atom stereocenters. The third-order valence-electron chi connectivity index (χ3n) is 7.58. The van der Waals surface area contributed by atoms with Gasteiger partial charge in [-0.25, -0.2) is 0 Å². The molecule has 0 amide bonds. The van der Waals surface area contributed by atoms with Gasteiger partial charge in [-0.3, -0.25) is 4.79 Å². The molecule has 176 valence electrons. The molecule has 0 saturated heterocycles. The molecular formula is C28H26N4O3. The summed E-state index contributed by atoms with van der Waals surface area (Å²) in [5.74, 6) is 0.525. The molecule has 2 aliphatic rings. The van der Waals surface area contributed by atoms with E-state index in [1.165, 1.54) is 25.0 Å². The monoisotopic (exact) mass is 466 g/mol. The van der Waals surface area contributed by atoms with Crippen molar-refractivity contribution in [3.05, 3.63) is 59.3 Å². The maximum Gasteiger partial charge on any atom is 0.305 e. The van der Waals surface area contributed by atoms with Crippen molar-refractivity contribution in [1.29, 1.82) is 5.26 Å². The first kappa shape index (κ1) is 21.6. The van der Waals surface area contributed by atoms with Gasteiger partial charge in [-0.05, 0) is 66.8 Å². The van der Waals surface area contributed by atoms with Crippen molar-refractivity contribution in [2.24, 2.45) is 0 Å². The smallest absolute Gasteiger partial charge is 0.305 e. The fraction of sp³-hybridized carbons (Fsp3) is 0.357. The van der Waals surface area contributed by atoms with Gasteiger partial charge in [-0.15, -0.1) is 0 Å². The van der Waals surface area contributed by atoms with Crippen LogP contribution in [0.1, 0.15) is 73.7 Å². The lowest BCUT2D eigenvalue weighted by Gasteiger charge is -2.22. The molecular weight excluding hydrogens is 440 g/mol. The summed E-state index contributed by atoms with van der Waals surface area (Å²) in [5.41, 5.74) is 5.53. The first-order chi connectivity index (χ1) is 17.1. The lowest BCUT2D eigenvalue weighted by molar-refractivity contribution is -0.137. The molecule has 3 heterocycles. The quantitative estimate of drug-likeness (QED) is 0.373. The summed E-state index contributed by atoms with van der Waals surface area (Å²) in [4.78, 5) is 16.0. The molecule has 7 heteroatoms. The number of hydrogen-bond acceptors (Lipinski definition) is 5. The Morgan fingerprint density at radius 3 is 2.71 bits per heavy atom. The van der Waals surface area contributed by atoms with E-state index in [9.17, 15) is 15.2 Å². The maximum absolute atomic E-state index is 11.3. The predicted octanol–water partition coefficient (Wildman–Crippen LogP) is 6.24. The number of hydrogen-bond donors (Lipinski definition) is 1. The van der Waals surface area contributed by atoms with Crippen LogP contribution in [0.25, 0.3) is 33.7 Å². The predicted molar refractivity (Wildman–Crippen MR) is 131 cm³/mol. The normalized spacial score (nSPS) is 18.0. The van der Waals surface area contributed by atoms with Crippen LogP contribution in [0.3, 0.4) is 0 Å². The van der Waals surface area contributed by atoms with E-state index in [1.807, 2.05) is 36.4 Å². The number of carboxylic acids is 1. The fourth-order valence-corrected chi connectivity index (χ4v) is 5.89. The van der Waals surface area contributed by atoms with E-state index >= 15 is 0 Å². The largest absolute Gasteiger partial charge is 0.481 e. The Morgan fingerprint density at radius 2 is 1.91 bits per heavy atom. The van der Waals surface area contributed by atoms with Gasteiger partial charge in [-0.2, -0.15) is 10.2 Å². The number of carbonyl (C=O) groups is 1. The molecule has 2 aromatic heterocycles. The van der Waals surface area contributed by atoms with Crippen molar-refractivity contribution in [2.75, 3.05) is 0 Å². The van der Waals surface area contributed by atoms with Gasteiger partial charge in [0.2, 0.25) is 5.82 Å². The van der Waals surface area contributed by atoms with Crippen molar-refractivity contribution < 1.29 is 14.4 Å². The number of fused-ring (bicyclic) bond motifs is 3. The van der Waals surface area contributed by atoms with E-state index in [1.54, 1.807) is 0 Å².